The summed E-state index contributed by atoms with van der Waals surface area (Å²) in [7, 11) is -3.75. The fourth-order valence-corrected chi connectivity index (χ4v) is 5.04. The molecule has 0 saturated carbocycles. The summed E-state index contributed by atoms with van der Waals surface area (Å²) in [6.07, 6.45) is 1.80. The molecule has 0 radical (unpaired) electrons. The molecule has 1 saturated heterocycles. The van der Waals surface area contributed by atoms with Gasteiger partial charge in [0.1, 0.15) is 6.61 Å². The van der Waals surface area contributed by atoms with Gasteiger partial charge in [-0.2, -0.15) is 8.42 Å². The molecule has 0 aromatic heterocycles. The largest absolute Gasteiger partial charge is 0.445 e. The molecule has 8 heteroatoms. The molecule has 3 aromatic rings. The van der Waals surface area contributed by atoms with Gasteiger partial charge in [-0.3, -0.25) is 4.18 Å². The fourth-order valence-electron chi connectivity index (χ4n) is 4.13. The van der Waals surface area contributed by atoms with Crippen molar-refractivity contribution in [1.82, 2.24) is 5.32 Å². The summed E-state index contributed by atoms with van der Waals surface area (Å²) < 4.78 is 35.2. The maximum Gasteiger partial charge on any atom is 0.407 e. The van der Waals surface area contributed by atoms with Crippen molar-refractivity contribution in [3.63, 3.8) is 0 Å². The van der Waals surface area contributed by atoms with Gasteiger partial charge in [0.2, 0.25) is 0 Å². The van der Waals surface area contributed by atoms with Crippen LogP contribution in [0.4, 0.5) is 10.5 Å². The van der Waals surface area contributed by atoms with Crippen molar-refractivity contribution < 1.29 is 22.1 Å². The highest BCUT2D eigenvalue weighted by Gasteiger charge is 2.21. The van der Waals surface area contributed by atoms with Crippen molar-refractivity contribution in [2.75, 3.05) is 24.6 Å². The average molecular weight is 509 g/mol. The van der Waals surface area contributed by atoms with Crippen molar-refractivity contribution in [3.8, 4) is 0 Å². The lowest BCUT2D eigenvalue weighted by molar-refractivity contribution is 0.134. The highest BCUT2D eigenvalue weighted by molar-refractivity contribution is 7.86. The standard InChI is InChI=1S/C28H32N2O5S/c1-22-7-13-27(14-8-22)36(32,33)35-20-17-23-9-11-26(12-10-23)30-18-15-25(16-19-30)29-28(31)34-21-24-5-3-2-4-6-24/h2-14,25H,15-21H2,1H3,(H,29,31). The first-order valence-electron chi connectivity index (χ1n) is 12.2. The Labute approximate surface area is 213 Å². The molecule has 190 valence electrons. The van der Waals surface area contributed by atoms with Crippen LogP contribution >= 0.6 is 0 Å². The minimum Gasteiger partial charge on any atom is -0.445 e. The molecule has 4 rings (SSSR count). The van der Waals surface area contributed by atoms with Gasteiger partial charge in [-0.1, -0.05) is 60.2 Å². The van der Waals surface area contributed by atoms with Gasteiger partial charge in [0.25, 0.3) is 10.1 Å². The van der Waals surface area contributed by atoms with Gasteiger partial charge < -0.3 is 15.0 Å². The monoisotopic (exact) mass is 508 g/mol. The molecule has 1 aliphatic heterocycles. The first kappa shape index (κ1) is 25.7. The van der Waals surface area contributed by atoms with E-state index in [4.69, 9.17) is 8.92 Å². The molecule has 1 heterocycles. The molecule has 0 spiro atoms. The van der Waals surface area contributed by atoms with Crippen LogP contribution in [0, 0.1) is 6.92 Å². The maximum absolute atomic E-state index is 12.3. The lowest BCUT2D eigenvalue weighted by Crippen LogP contribution is -2.44. The number of hydrogen-bond donors (Lipinski definition) is 1. The van der Waals surface area contributed by atoms with E-state index in [1.54, 1.807) is 24.3 Å². The van der Waals surface area contributed by atoms with Gasteiger partial charge in [-0.05, 0) is 61.6 Å². The Morgan fingerprint density at radius 1 is 0.917 bits per heavy atom. The Bertz CT molecular complexity index is 1220. The van der Waals surface area contributed by atoms with Crippen LogP contribution in [-0.2, 0) is 32.1 Å². The first-order chi connectivity index (χ1) is 17.4. The molecule has 0 bridgehead atoms. The molecule has 3 aromatic carbocycles. The Balaban J connectivity index is 1.18. The Hall–Kier alpha value is -3.36. The van der Waals surface area contributed by atoms with Crippen molar-refractivity contribution in [3.05, 3.63) is 95.6 Å². The third-order valence-electron chi connectivity index (χ3n) is 6.27. The summed E-state index contributed by atoms with van der Waals surface area (Å²) in [5.74, 6) is 0. The summed E-state index contributed by atoms with van der Waals surface area (Å²) in [5.41, 5.74) is 4.08. The topological polar surface area (TPSA) is 84.9 Å². The second-order valence-corrected chi connectivity index (χ2v) is 10.6. The molecule has 1 N–H and O–H groups in total. The van der Waals surface area contributed by atoms with E-state index < -0.39 is 10.1 Å². The summed E-state index contributed by atoms with van der Waals surface area (Å²) in [5, 5.41) is 2.97. The first-order valence-corrected chi connectivity index (χ1v) is 13.6. The van der Waals surface area contributed by atoms with Crippen LogP contribution in [0.25, 0.3) is 0 Å². The number of piperidine rings is 1. The fraction of sp³-hybridized carbons (Fsp3) is 0.321. The zero-order chi connectivity index (χ0) is 25.4. The number of aryl methyl sites for hydroxylation is 1. The number of ether oxygens (including phenoxy) is 1. The number of carbonyl (C=O) groups is 1. The Morgan fingerprint density at radius 3 is 2.25 bits per heavy atom. The van der Waals surface area contributed by atoms with Crippen LogP contribution in [0.5, 0.6) is 0 Å². The van der Waals surface area contributed by atoms with Gasteiger partial charge in [0.15, 0.2) is 0 Å². The van der Waals surface area contributed by atoms with Gasteiger partial charge in [0, 0.05) is 24.8 Å². The molecule has 36 heavy (non-hydrogen) atoms. The smallest absolute Gasteiger partial charge is 0.407 e. The molecule has 0 atom stereocenters. The molecule has 1 fully saturated rings. The molecular weight excluding hydrogens is 476 g/mol. The second kappa shape index (κ2) is 12.1. The van der Waals surface area contributed by atoms with Gasteiger partial charge in [-0.25, -0.2) is 4.79 Å². The van der Waals surface area contributed by atoms with Crippen molar-refractivity contribution >= 4 is 21.9 Å². The van der Waals surface area contributed by atoms with Crippen LogP contribution in [0.15, 0.2) is 83.8 Å². The van der Waals surface area contributed by atoms with Crippen molar-refractivity contribution in [1.29, 1.82) is 0 Å². The average Bonchev–Trinajstić information content (AvgIpc) is 2.89. The molecule has 0 unspecified atom stereocenters. The number of rotatable bonds is 9. The minimum absolute atomic E-state index is 0.0903. The highest BCUT2D eigenvalue weighted by Crippen LogP contribution is 2.21. The van der Waals surface area contributed by atoms with E-state index in [0.717, 1.165) is 48.3 Å². The minimum atomic E-state index is -3.75. The van der Waals surface area contributed by atoms with Crippen LogP contribution in [0.3, 0.4) is 0 Å². The normalized spacial score (nSPS) is 14.4. The highest BCUT2D eigenvalue weighted by atomic mass is 32.2. The van der Waals surface area contributed by atoms with Crippen LogP contribution in [0.2, 0.25) is 0 Å². The summed E-state index contributed by atoms with van der Waals surface area (Å²) in [6.45, 7) is 3.93. The number of alkyl carbamates (subject to hydrolysis) is 1. The third-order valence-corrected chi connectivity index (χ3v) is 7.60. The lowest BCUT2D eigenvalue weighted by Gasteiger charge is -2.33. The van der Waals surface area contributed by atoms with E-state index in [9.17, 15) is 13.2 Å². The Morgan fingerprint density at radius 2 is 1.58 bits per heavy atom. The summed E-state index contributed by atoms with van der Waals surface area (Å²) >= 11 is 0. The van der Waals surface area contributed by atoms with E-state index in [2.05, 4.69) is 10.2 Å². The SMILES string of the molecule is Cc1ccc(S(=O)(=O)OCCc2ccc(N3CCC(NC(=O)OCc4ccccc4)CC3)cc2)cc1. The second-order valence-electron chi connectivity index (χ2n) is 8.97. The molecule has 1 aliphatic rings. The zero-order valence-corrected chi connectivity index (χ0v) is 21.2. The number of hydrogen-bond acceptors (Lipinski definition) is 6. The molecule has 7 nitrogen and oxygen atoms in total. The van der Waals surface area contributed by atoms with Crippen molar-refractivity contribution in [2.24, 2.45) is 0 Å². The lowest BCUT2D eigenvalue weighted by atomic mass is 10.0. The van der Waals surface area contributed by atoms with E-state index in [0.29, 0.717) is 6.42 Å². The number of nitrogens with one attached hydrogen (secondary N) is 1. The number of benzene rings is 3. The summed E-state index contributed by atoms with van der Waals surface area (Å²) in [6, 6.07) is 24.5. The Kier molecular flexibility index (Phi) is 8.61. The van der Waals surface area contributed by atoms with E-state index >= 15 is 0 Å². The number of carbonyl (C=O) groups excluding carboxylic acids is 1. The molecule has 0 aliphatic carbocycles. The predicted octanol–water partition coefficient (Wildman–Crippen LogP) is 4.84. The third kappa shape index (κ3) is 7.32. The van der Waals surface area contributed by atoms with Crippen LogP contribution < -0.4 is 10.2 Å². The quantitative estimate of drug-likeness (QED) is 0.417. The van der Waals surface area contributed by atoms with Gasteiger partial charge >= 0.3 is 6.09 Å². The van der Waals surface area contributed by atoms with Crippen LogP contribution in [-0.4, -0.2) is 40.2 Å². The molecule has 1 amide bonds. The van der Waals surface area contributed by atoms with Gasteiger partial charge in [-0.15, -0.1) is 0 Å². The number of nitrogens with zero attached hydrogens (tertiary/aromatic N) is 1. The molecular formula is C28H32N2O5S. The summed E-state index contributed by atoms with van der Waals surface area (Å²) in [4.78, 5) is 14.6. The van der Waals surface area contributed by atoms with Gasteiger partial charge in [0.05, 0.1) is 11.5 Å². The van der Waals surface area contributed by atoms with Crippen LogP contribution in [0.1, 0.15) is 29.5 Å². The number of anilines is 1. The maximum atomic E-state index is 12.3. The van der Waals surface area contributed by atoms with E-state index in [1.807, 2.05) is 61.5 Å². The van der Waals surface area contributed by atoms with E-state index in [1.165, 1.54) is 0 Å². The number of amides is 1. The van der Waals surface area contributed by atoms with E-state index in [-0.39, 0.29) is 30.2 Å². The predicted molar refractivity (Wildman–Crippen MR) is 139 cm³/mol. The zero-order valence-electron chi connectivity index (χ0n) is 20.4. The van der Waals surface area contributed by atoms with Crippen molar-refractivity contribution in [2.45, 2.75) is 43.7 Å².